The molecule has 0 radical (unpaired) electrons. The van der Waals surface area contributed by atoms with Crippen molar-refractivity contribution in [2.45, 2.75) is 18.5 Å². The van der Waals surface area contributed by atoms with Gasteiger partial charge < -0.3 is 5.21 Å². The van der Waals surface area contributed by atoms with Gasteiger partial charge in [-0.15, -0.1) is 0 Å². The Labute approximate surface area is 120 Å². The van der Waals surface area contributed by atoms with Crippen molar-refractivity contribution < 1.29 is 40.9 Å². The fourth-order valence-corrected chi connectivity index (χ4v) is 1.81. The highest BCUT2D eigenvalue weighted by Gasteiger charge is 2.62. The van der Waals surface area contributed by atoms with E-state index in [1.54, 1.807) is 0 Å². The zero-order valence-corrected chi connectivity index (χ0v) is 10.5. The largest absolute Gasteiger partial charge is 0.461 e. The van der Waals surface area contributed by atoms with E-state index >= 15 is 0 Å². The number of nitro groups is 1. The predicted octanol–water partition coefficient (Wildman–Crippen LogP) is 3.77. The Morgan fingerprint density at radius 3 is 2.22 bits per heavy atom. The molecule has 0 spiro atoms. The van der Waals surface area contributed by atoms with E-state index in [1.807, 2.05) is 0 Å². The predicted molar refractivity (Wildman–Crippen MR) is 58.5 cm³/mol. The Kier molecular flexibility index (Phi) is 3.61. The van der Waals surface area contributed by atoms with Gasteiger partial charge in [-0.25, -0.2) is 13.8 Å². The molecule has 0 bridgehead atoms. The van der Waals surface area contributed by atoms with E-state index in [2.05, 4.69) is 4.98 Å². The summed E-state index contributed by atoms with van der Waals surface area (Å²) in [6, 6.07) is 0.640. The summed E-state index contributed by atoms with van der Waals surface area (Å²) in [5.74, 6) is -7.93. The maximum Gasteiger partial charge on any atom is 0.461 e. The molecule has 0 fully saturated rings. The fraction of sp³-hybridized carbons (Fsp3) is 0.300. The summed E-state index contributed by atoms with van der Waals surface area (Å²) >= 11 is 0. The minimum atomic E-state index is -6.16. The Hall–Kier alpha value is -2.60. The topological polar surface area (TPSA) is 81.2 Å². The van der Waals surface area contributed by atoms with Gasteiger partial charge in [-0.05, 0) is 0 Å². The first-order valence-electron chi connectivity index (χ1n) is 5.51. The number of non-ortho nitro benzene ring substituents is 1. The first kappa shape index (κ1) is 16.8. The Balaban J connectivity index is 2.86. The number of imidazole rings is 1. The molecule has 0 saturated heterocycles. The van der Waals surface area contributed by atoms with E-state index < -0.39 is 56.3 Å². The van der Waals surface area contributed by atoms with Crippen LogP contribution in [0.2, 0.25) is 0 Å². The molecule has 13 heteroatoms. The maximum absolute atomic E-state index is 13.3. The summed E-state index contributed by atoms with van der Waals surface area (Å²) in [6.45, 7) is 0. The highest BCUT2D eigenvalue weighted by molar-refractivity contribution is 5.82. The van der Waals surface area contributed by atoms with Gasteiger partial charge in [-0.3, -0.25) is 10.1 Å². The van der Waals surface area contributed by atoms with Gasteiger partial charge in [-0.1, -0.05) is 0 Å². The highest BCUT2D eigenvalue weighted by Crippen LogP contribution is 2.44. The number of nitro benzene ring substituents is 1. The van der Waals surface area contributed by atoms with Crippen LogP contribution in [0.4, 0.5) is 36.4 Å². The number of hydrogen-bond acceptors (Lipinski definition) is 4. The molecule has 1 aromatic carbocycles. The molecule has 2 rings (SSSR count). The zero-order chi connectivity index (χ0) is 17.7. The highest BCUT2D eigenvalue weighted by atomic mass is 19.4. The minimum absolute atomic E-state index is 0.247. The van der Waals surface area contributed by atoms with Crippen molar-refractivity contribution in [3.8, 4) is 0 Å². The lowest BCUT2D eigenvalue weighted by molar-refractivity contribution is -0.384. The third-order valence-corrected chi connectivity index (χ3v) is 2.83. The van der Waals surface area contributed by atoms with E-state index in [9.17, 15) is 46.1 Å². The van der Waals surface area contributed by atoms with E-state index in [0.717, 1.165) is 0 Å². The third kappa shape index (κ3) is 2.51. The molecular weight excluding hydrogens is 343 g/mol. The summed E-state index contributed by atoms with van der Waals surface area (Å²) < 4.78 is 88.4. The molecular formula is C10H4F7N3O3. The molecule has 1 heterocycles. The minimum Gasteiger partial charge on any atom is -0.426 e. The number of hydrogen-bond donors (Lipinski definition) is 1. The van der Waals surface area contributed by atoms with Gasteiger partial charge in [0, 0.05) is 12.1 Å². The molecule has 1 N–H and O–H groups in total. The van der Waals surface area contributed by atoms with Crippen LogP contribution < -0.4 is 0 Å². The van der Waals surface area contributed by atoms with Crippen LogP contribution in [0, 0.1) is 10.1 Å². The molecule has 0 atom stereocenters. The number of rotatable bonds is 3. The quantitative estimate of drug-likeness (QED) is 0.397. The summed E-state index contributed by atoms with van der Waals surface area (Å²) in [7, 11) is 0. The van der Waals surface area contributed by atoms with E-state index in [-0.39, 0.29) is 6.07 Å². The van der Waals surface area contributed by atoms with Crippen LogP contribution in [0.1, 0.15) is 17.8 Å². The van der Waals surface area contributed by atoms with Gasteiger partial charge in [0.1, 0.15) is 5.52 Å². The Morgan fingerprint density at radius 1 is 1.22 bits per heavy atom. The average Bonchev–Trinajstić information content (AvgIpc) is 2.74. The second-order valence-corrected chi connectivity index (χ2v) is 4.28. The molecule has 0 unspecified atom stereocenters. The number of halogens is 7. The zero-order valence-electron chi connectivity index (χ0n) is 10.5. The average molecular weight is 347 g/mol. The van der Waals surface area contributed by atoms with Crippen LogP contribution in [0.3, 0.4) is 0 Å². The second-order valence-electron chi connectivity index (χ2n) is 4.28. The Bertz CT molecular complexity index is 784. The van der Waals surface area contributed by atoms with Crippen LogP contribution in [-0.2, 0) is 5.92 Å². The lowest BCUT2D eigenvalue weighted by Crippen LogP contribution is -2.36. The van der Waals surface area contributed by atoms with E-state index in [4.69, 9.17) is 0 Å². The van der Waals surface area contributed by atoms with Gasteiger partial charge in [0.05, 0.1) is 16.0 Å². The molecule has 0 aliphatic carbocycles. The maximum atomic E-state index is 13.3. The van der Waals surface area contributed by atoms with Crippen molar-refractivity contribution in [1.29, 1.82) is 0 Å². The van der Waals surface area contributed by atoms with Gasteiger partial charge in [0.25, 0.3) is 12.1 Å². The van der Waals surface area contributed by atoms with Gasteiger partial charge in [0.2, 0.25) is 5.82 Å². The molecule has 0 aliphatic rings. The number of nitrogens with zero attached hydrogens (tertiary/aromatic N) is 3. The van der Waals surface area contributed by atoms with Crippen molar-refractivity contribution in [1.82, 2.24) is 9.71 Å². The summed E-state index contributed by atoms with van der Waals surface area (Å²) in [6.07, 6.45) is -9.65. The molecule has 23 heavy (non-hydrogen) atoms. The van der Waals surface area contributed by atoms with Crippen molar-refractivity contribution in [2.24, 2.45) is 0 Å². The molecule has 126 valence electrons. The molecule has 2 aromatic rings. The van der Waals surface area contributed by atoms with Crippen molar-refractivity contribution >= 4 is 16.7 Å². The summed E-state index contributed by atoms with van der Waals surface area (Å²) in [5, 5.41) is 20.0. The van der Waals surface area contributed by atoms with E-state index in [0.29, 0.717) is 6.07 Å². The van der Waals surface area contributed by atoms with Crippen molar-refractivity contribution in [3.63, 3.8) is 0 Å². The smallest absolute Gasteiger partial charge is 0.426 e. The Morgan fingerprint density at radius 2 is 1.78 bits per heavy atom. The molecule has 6 nitrogen and oxygen atoms in total. The first-order valence-corrected chi connectivity index (χ1v) is 5.51. The standard InChI is InChI=1S/C10H4F7N3O3/c11-7(12)4-1-3(20(22)23)2-5-6(4)19(21)8(18-5)9(13,14)10(15,16)17/h1-2,7,21H. The van der Waals surface area contributed by atoms with Crippen LogP contribution in [0.15, 0.2) is 12.1 Å². The number of alkyl halides is 7. The number of aromatic nitrogens is 2. The third-order valence-electron chi connectivity index (χ3n) is 2.83. The van der Waals surface area contributed by atoms with Crippen molar-refractivity contribution in [3.05, 3.63) is 33.6 Å². The first-order chi connectivity index (χ1) is 10.4. The van der Waals surface area contributed by atoms with Crippen LogP contribution in [0.25, 0.3) is 11.0 Å². The monoisotopic (exact) mass is 347 g/mol. The SMILES string of the molecule is O=[N+]([O-])c1cc(C(F)F)c2c(c1)nc(C(F)(F)C(F)(F)F)n2O. The summed E-state index contributed by atoms with van der Waals surface area (Å²) in [5.41, 5.74) is -4.50. The van der Waals surface area contributed by atoms with Crippen LogP contribution >= 0.6 is 0 Å². The lowest BCUT2D eigenvalue weighted by atomic mass is 10.1. The number of benzene rings is 1. The molecule has 1 aromatic heterocycles. The van der Waals surface area contributed by atoms with Crippen molar-refractivity contribution in [2.75, 3.05) is 0 Å². The molecule has 0 amide bonds. The fourth-order valence-electron chi connectivity index (χ4n) is 1.81. The van der Waals surface area contributed by atoms with Gasteiger partial charge >= 0.3 is 12.1 Å². The normalized spacial score (nSPS) is 13.0. The van der Waals surface area contributed by atoms with Gasteiger partial charge in [-0.2, -0.15) is 26.7 Å². The van der Waals surface area contributed by atoms with Crippen LogP contribution in [-0.4, -0.2) is 26.0 Å². The number of fused-ring (bicyclic) bond motifs is 1. The van der Waals surface area contributed by atoms with Gasteiger partial charge in [0.15, 0.2) is 0 Å². The molecule has 0 saturated carbocycles. The second kappa shape index (κ2) is 4.96. The lowest BCUT2D eigenvalue weighted by Gasteiger charge is -2.18. The summed E-state index contributed by atoms with van der Waals surface area (Å²) in [4.78, 5) is 12.2. The molecule has 0 aliphatic heterocycles. The van der Waals surface area contributed by atoms with E-state index in [1.165, 1.54) is 0 Å². The van der Waals surface area contributed by atoms with Crippen LogP contribution in [0.5, 0.6) is 0 Å².